The minimum atomic E-state index is -0.162. The summed E-state index contributed by atoms with van der Waals surface area (Å²) in [5.41, 5.74) is 4.15. The highest BCUT2D eigenvalue weighted by molar-refractivity contribution is 6.05. The van der Waals surface area contributed by atoms with Crippen molar-refractivity contribution in [1.29, 1.82) is 5.41 Å². The Morgan fingerprint density at radius 1 is 1.07 bits per heavy atom. The molecule has 2 aromatic carbocycles. The number of carbonyl (C=O) groups excluding carboxylic acids is 1. The third-order valence-electron chi connectivity index (χ3n) is 5.44. The molecule has 1 amide bonds. The second kappa shape index (κ2) is 10.1. The van der Waals surface area contributed by atoms with Crippen molar-refractivity contribution in [3.8, 4) is 0 Å². The Morgan fingerprint density at radius 3 is 2.37 bits per heavy atom. The molecule has 1 aliphatic heterocycles. The number of carbonyl (C=O) groups is 1. The molecule has 0 radical (unpaired) electrons. The number of hydrogen-bond donors (Lipinski definition) is 3. The fourth-order valence-electron chi connectivity index (χ4n) is 3.49. The molecule has 0 aromatic heterocycles. The first kappa shape index (κ1) is 21.7. The molecule has 3 rings (SSSR count). The predicted octanol–water partition coefficient (Wildman–Crippen LogP) is 3.43. The van der Waals surface area contributed by atoms with Gasteiger partial charge in [-0.25, -0.2) is 4.99 Å². The van der Waals surface area contributed by atoms with Crippen LogP contribution in [0, 0.1) is 12.3 Å². The highest BCUT2D eigenvalue weighted by atomic mass is 16.1. The first-order valence-corrected chi connectivity index (χ1v) is 10.3. The van der Waals surface area contributed by atoms with Gasteiger partial charge in [0.05, 0.1) is 0 Å². The molecule has 7 heteroatoms. The Bertz CT molecular complexity index is 900. The van der Waals surface area contributed by atoms with Gasteiger partial charge in [0.15, 0.2) is 0 Å². The Morgan fingerprint density at radius 2 is 1.73 bits per heavy atom. The molecule has 1 heterocycles. The smallest absolute Gasteiger partial charge is 0.255 e. The average Bonchev–Trinajstić information content (AvgIpc) is 2.77. The van der Waals surface area contributed by atoms with Crippen LogP contribution in [0.3, 0.4) is 0 Å². The second-order valence-corrected chi connectivity index (χ2v) is 7.52. The highest BCUT2D eigenvalue weighted by Gasteiger charge is 2.15. The van der Waals surface area contributed by atoms with Gasteiger partial charge in [0, 0.05) is 49.7 Å². The number of piperazine rings is 1. The summed E-state index contributed by atoms with van der Waals surface area (Å²) >= 11 is 0. The Hall–Kier alpha value is -3.03. The summed E-state index contributed by atoms with van der Waals surface area (Å²) in [4.78, 5) is 21.1. The van der Waals surface area contributed by atoms with Crippen molar-refractivity contribution in [2.75, 3.05) is 43.4 Å². The van der Waals surface area contributed by atoms with Crippen LogP contribution in [0.15, 0.2) is 47.5 Å². The number of anilines is 2. The molecule has 2 aromatic rings. The van der Waals surface area contributed by atoms with Gasteiger partial charge in [-0.2, -0.15) is 0 Å². The average molecular weight is 407 g/mol. The number of likely N-dealkylation sites (N-methyl/N-ethyl adjacent to an activating group) is 1. The van der Waals surface area contributed by atoms with Crippen LogP contribution in [-0.4, -0.2) is 61.1 Å². The topological polar surface area (TPSA) is 83.8 Å². The highest BCUT2D eigenvalue weighted by Crippen LogP contribution is 2.21. The van der Waals surface area contributed by atoms with Gasteiger partial charge in [-0.15, -0.1) is 0 Å². The van der Waals surface area contributed by atoms with E-state index in [0.29, 0.717) is 16.9 Å². The molecule has 0 spiro atoms. The van der Waals surface area contributed by atoms with Crippen LogP contribution >= 0.6 is 0 Å². The molecule has 30 heavy (non-hydrogen) atoms. The maximum atomic E-state index is 12.6. The summed E-state index contributed by atoms with van der Waals surface area (Å²) in [7, 11) is 0. The van der Waals surface area contributed by atoms with Crippen molar-refractivity contribution in [2.45, 2.75) is 20.4 Å². The number of aryl methyl sites for hydroxylation is 1. The lowest BCUT2D eigenvalue weighted by Gasteiger charge is -2.34. The minimum absolute atomic E-state index is 0.0340. The van der Waals surface area contributed by atoms with Crippen molar-refractivity contribution in [3.05, 3.63) is 59.2 Å². The third-order valence-corrected chi connectivity index (χ3v) is 5.44. The second-order valence-electron chi connectivity index (χ2n) is 7.52. The lowest BCUT2D eigenvalue weighted by molar-refractivity contribution is 0.102. The molecule has 1 saturated heterocycles. The number of nitrogens with one attached hydrogen (secondary N) is 3. The van der Waals surface area contributed by atoms with E-state index in [4.69, 9.17) is 5.41 Å². The molecule has 0 atom stereocenters. The lowest BCUT2D eigenvalue weighted by Crippen LogP contribution is -2.45. The van der Waals surface area contributed by atoms with Crippen LogP contribution in [0.4, 0.5) is 11.4 Å². The largest absolute Gasteiger partial charge is 0.324 e. The monoisotopic (exact) mass is 406 g/mol. The molecule has 1 aliphatic rings. The number of nitrogens with zero attached hydrogens (tertiary/aromatic N) is 3. The van der Waals surface area contributed by atoms with E-state index in [2.05, 4.69) is 39.1 Å². The maximum absolute atomic E-state index is 12.6. The molecule has 0 aliphatic carbocycles. The zero-order chi connectivity index (χ0) is 21.5. The molecular weight excluding hydrogens is 376 g/mol. The van der Waals surface area contributed by atoms with Gasteiger partial charge < -0.3 is 15.5 Å². The fourth-order valence-corrected chi connectivity index (χ4v) is 3.49. The normalized spacial score (nSPS) is 14.9. The van der Waals surface area contributed by atoms with Crippen molar-refractivity contribution in [1.82, 2.24) is 9.80 Å². The van der Waals surface area contributed by atoms with Crippen molar-refractivity contribution in [2.24, 2.45) is 4.99 Å². The van der Waals surface area contributed by atoms with E-state index in [1.807, 2.05) is 43.3 Å². The third kappa shape index (κ3) is 5.75. The SMILES string of the molecule is C=NC(=N)Nc1cc(NC(=O)c2ccc(CN3CCN(CC)CC3)cc2)ccc1C. The van der Waals surface area contributed by atoms with E-state index in [1.165, 1.54) is 5.56 Å². The number of hydrogen-bond acceptors (Lipinski definition) is 4. The van der Waals surface area contributed by atoms with Gasteiger partial charge in [-0.1, -0.05) is 25.1 Å². The van der Waals surface area contributed by atoms with Crippen LogP contribution in [0.25, 0.3) is 0 Å². The van der Waals surface area contributed by atoms with E-state index < -0.39 is 0 Å². The van der Waals surface area contributed by atoms with Crippen molar-refractivity contribution < 1.29 is 4.79 Å². The Kier molecular flexibility index (Phi) is 7.32. The van der Waals surface area contributed by atoms with Crippen LogP contribution < -0.4 is 10.6 Å². The van der Waals surface area contributed by atoms with Gasteiger partial charge >= 0.3 is 0 Å². The molecular formula is C23H30N6O. The van der Waals surface area contributed by atoms with Crippen LogP contribution in [0.2, 0.25) is 0 Å². The summed E-state index contributed by atoms with van der Waals surface area (Å²) < 4.78 is 0. The van der Waals surface area contributed by atoms with E-state index in [-0.39, 0.29) is 11.9 Å². The maximum Gasteiger partial charge on any atom is 0.255 e. The van der Waals surface area contributed by atoms with Gasteiger partial charge in [0.2, 0.25) is 5.96 Å². The summed E-state index contributed by atoms with van der Waals surface area (Å²) in [6.07, 6.45) is 0. The van der Waals surface area contributed by atoms with Gasteiger partial charge in [-0.05, 0) is 55.6 Å². The van der Waals surface area contributed by atoms with Crippen LogP contribution in [0.1, 0.15) is 28.4 Å². The molecule has 0 unspecified atom stereocenters. The minimum Gasteiger partial charge on any atom is -0.324 e. The molecule has 0 saturated carbocycles. The number of amides is 1. The van der Waals surface area contributed by atoms with Gasteiger partial charge in [0.25, 0.3) is 5.91 Å². The summed E-state index contributed by atoms with van der Waals surface area (Å²) in [5, 5.41) is 13.4. The summed E-state index contributed by atoms with van der Waals surface area (Å²) in [5.74, 6) is -0.196. The van der Waals surface area contributed by atoms with E-state index in [9.17, 15) is 4.79 Å². The molecule has 1 fully saturated rings. The lowest BCUT2D eigenvalue weighted by atomic mass is 10.1. The number of rotatable bonds is 6. The summed E-state index contributed by atoms with van der Waals surface area (Å²) in [6.45, 7) is 13.9. The first-order valence-electron chi connectivity index (χ1n) is 10.3. The Labute approximate surface area is 178 Å². The van der Waals surface area contributed by atoms with Crippen molar-refractivity contribution >= 4 is 30.0 Å². The predicted molar refractivity (Wildman–Crippen MR) is 124 cm³/mol. The van der Waals surface area contributed by atoms with Crippen LogP contribution in [0.5, 0.6) is 0 Å². The molecule has 0 bridgehead atoms. The standard InChI is InChI=1S/C23H30N6O/c1-4-28-11-13-29(14-12-28)16-18-6-8-19(9-7-18)22(30)26-20-10-5-17(2)21(15-20)27-23(24)25-3/h5-10,15H,3-4,11-14,16H2,1-2H3,(H2,24,27)(H,26,30). The van der Waals surface area contributed by atoms with E-state index >= 15 is 0 Å². The quantitative estimate of drug-likeness (QED) is 0.507. The van der Waals surface area contributed by atoms with Gasteiger partial charge in [-0.3, -0.25) is 15.1 Å². The molecule has 7 nitrogen and oxygen atoms in total. The first-order chi connectivity index (χ1) is 14.5. The summed E-state index contributed by atoms with van der Waals surface area (Å²) in [6, 6.07) is 13.3. The van der Waals surface area contributed by atoms with E-state index in [1.54, 1.807) is 6.07 Å². The van der Waals surface area contributed by atoms with E-state index in [0.717, 1.165) is 44.8 Å². The number of guanidine groups is 1. The van der Waals surface area contributed by atoms with Crippen LogP contribution in [-0.2, 0) is 6.54 Å². The number of aliphatic imine (C=N–C) groups is 1. The Balaban J connectivity index is 1.59. The fraction of sp³-hybridized carbons (Fsp3) is 0.348. The van der Waals surface area contributed by atoms with Gasteiger partial charge in [0.1, 0.15) is 0 Å². The number of benzene rings is 2. The molecule has 158 valence electrons. The zero-order valence-electron chi connectivity index (χ0n) is 17.7. The zero-order valence-corrected chi connectivity index (χ0v) is 17.7. The van der Waals surface area contributed by atoms with Crippen molar-refractivity contribution in [3.63, 3.8) is 0 Å². The molecule has 3 N–H and O–H groups in total.